The highest BCUT2D eigenvalue weighted by molar-refractivity contribution is 5.61. The quantitative estimate of drug-likeness (QED) is 0.624. The Morgan fingerprint density at radius 2 is 2.12 bits per heavy atom. The summed E-state index contributed by atoms with van der Waals surface area (Å²) in [6.45, 7) is 2.21. The van der Waals surface area contributed by atoms with Crippen LogP contribution in [0.5, 0.6) is 11.5 Å². The summed E-state index contributed by atoms with van der Waals surface area (Å²) in [7, 11) is 0. The molecule has 17 heavy (non-hydrogen) atoms. The summed E-state index contributed by atoms with van der Waals surface area (Å²) in [5.74, 6) is 1.34. The zero-order chi connectivity index (χ0) is 12.3. The third-order valence-electron chi connectivity index (χ3n) is 3.69. The van der Waals surface area contributed by atoms with Crippen molar-refractivity contribution in [3.05, 3.63) is 18.2 Å². The van der Waals surface area contributed by atoms with E-state index in [4.69, 9.17) is 10.5 Å². The molecule has 1 aromatic rings. The fraction of sp³-hybridized carbons (Fsp3) is 0.571. The summed E-state index contributed by atoms with van der Waals surface area (Å²) in [5.41, 5.74) is 6.17. The van der Waals surface area contributed by atoms with E-state index in [0.29, 0.717) is 17.4 Å². The van der Waals surface area contributed by atoms with Crippen LogP contribution in [0.15, 0.2) is 18.2 Å². The molecule has 2 unspecified atom stereocenters. The Morgan fingerprint density at radius 3 is 2.88 bits per heavy atom. The fourth-order valence-electron chi connectivity index (χ4n) is 2.59. The van der Waals surface area contributed by atoms with E-state index in [1.54, 1.807) is 12.1 Å². The lowest BCUT2D eigenvalue weighted by atomic mass is 9.85. The van der Waals surface area contributed by atoms with Crippen molar-refractivity contribution in [2.24, 2.45) is 5.92 Å². The first kappa shape index (κ1) is 12.1. The second-order valence-electron chi connectivity index (χ2n) is 4.80. The number of phenolic OH excluding ortho intramolecular Hbond substituents is 1. The molecule has 0 radical (unpaired) electrons. The highest BCUT2D eigenvalue weighted by atomic mass is 16.5. The van der Waals surface area contributed by atoms with Crippen molar-refractivity contribution in [1.29, 1.82) is 0 Å². The molecule has 0 bridgehead atoms. The smallest absolute Gasteiger partial charge is 0.146 e. The summed E-state index contributed by atoms with van der Waals surface area (Å²) < 4.78 is 5.99. The highest BCUT2D eigenvalue weighted by Crippen LogP contribution is 2.35. The Kier molecular flexibility index (Phi) is 3.77. The lowest BCUT2D eigenvalue weighted by Crippen LogP contribution is -2.30. The van der Waals surface area contributed by atoms with Crippen LogP contribution in [0.1, 0.15) is 39.0 Å². The number of rotatable bonds is 3. The van der Waals surface area contributed by atoms with Crippen molar-refractivity contribution in [2.45, 2.75) is 45.1 Å². The van der Waals surface area contributed by atoms with Gasteiger partial charge in [0.1, 0.15) is 23.3 Å². The normalized spacial score (nSPS) is 24.5. The van der Waals surface area contributed by atoms with Gasteiger partial charge in [-0.2, -0.15) is 0 Å². The number of para-hydroxylation sites is 1. The molecule has 1 aliphatic rings. The number of ether oxygens (including phenoxy) is 1. The third kappa shape index (κ3) is 2.65. The van der Waals surface area contributed by atoms with E-state index in [-0.39, 0.29) is 11.9 Å². The Labute approximate surface area is 103 Å². The van der Waals surface area contributed by atoms with Crippen LogP contribution in [-0.4, -0.2) is 11.2 Å². The van der Waals surface area contributed by atoms with Gasteiger partial charge in [-0.25, -0.2) is 0 Å². The second-order valence-corrected chi connectivity index (χ2v) is 4.80. The fourth-order valence-corrected chi connectivity index (χ4v) is 2.59. The Balaban J connectivity index is 2.11. The minimum Gasteiger partial charge on any atom is -0.506 e. The highest BCUT2D eigenvalue weighted by Gasteiger charge is 2.25. The van der Waals surface area contributed by atoms with E-state index in [1.165, 1.54) is 19.3 Å². The van der Waals surface area contributed by atoms with Gasteiger partial charge < -0.3 is 15.6 Å². The van der Waals surface area contributed by atoms with E-state index < -0.39 is 0 Å². The molecule has 1 saturated carbocycles. The van der Waals surface area contributed by atoms with E-state index in [2.05, 4.69) is 6.92 Å². The van der Waals surface area contributed by atoms with Gasteiger partial charge in [0.15, 0.2) is 0 Å². The molecule has 0 saturated heterocycles. The number of hydrogen-bond acceptors (Lipinski definition) is 3. The molecule has 1 fully saturated rings. The van der Waals surface area contributed by atoms with Crippen LogP contribution < -0.4 is 10.5 Å². The number of nitrogens with two attached hydrogens (primary N) is 1. The average molecular weight is 235 g/mol. The first-order valence-electron chi connectivity index (χ1n) is 6.46. The lowest BCUT2D eigenvalue weighted by molar-refractivity contribution is 0.0909. The summed E-state index contributed by atoms with van der Waals surface area (Å²) in [6, 6.07) is 5.18. The summed E-state index contributed by atoms with van der Waals surface area (Å²) in [6.07, 6.45) is 6.24. The monoisotopic (exact) mass is 235 g/mol. The number of hydrogen-bond donors (Lipinski definition) is 2. The molecular formula is C14H21NO2. The number of benzene rings is 1. The predicted molar refractivity (Wildman–Crippen MR) is 69.2 cm³/mol. The maximum Gasteiger partial charge on any atom is 0.146 e. The summed E-state index contributed by atoms with van der Waals surface area (Å²) in [5, 5.41) is 9.55. The molecule has 2 atom stereocenters. The zero-order valence-electron chi connectivity index (χ0n) is 10.4. The van der Waals surface area contributed by atoms with Gasteiger partial charge in [0.2, 0.25) is 0 Å². The van der Waals surface area contributed by atoms with Gasteiger partial charge in [-0.1, -0.05) is 19.4 Å². The molecule has 0 aliphatic heterocycles. The van der Waals surface area contributed by atoms with Gasteiger partial charge in [0.25, 0.3) is 0 Å². The van der Waals surface area contributed by atoms with Gasteiger partial charge in [0, 0.05) is 0 Å². The molecule has 0 heterocycles. The van der Waals surface area contributed by atoms with Crippen molar-refractivity contribution in [3.63, 3.8) is 0 Å². The van der Waals surface area contributed by atoms with Gasteiger partial charge in [-0.05, 0) is 43.7 Å². The van der Waals surface area contributed by atoms with Crippen molar-refractivity contribution < 1.29 is 9.84 Å². The predicted octanol–water partition coefficient (Wildman–Crippen LogP) is 3.32. The van der Waals surface area contributed by atoms with Crippen molar-refractivity contribution >= 4 is 5.69 Å². The Hall–Kier alpha value is -1.38. The number of phenols is 1. The standard InChI is InChI=1S/C14H21NO2/c1-2-10-6-3-4-8-12(10)17-13-9-5-7-11(16)14(13)15/h5,7,9-10,12,16H,2-4,6,8,15H2,1H3. The molecule has 3 N–H and O–H groups in total. The molecular weight excluding hydrogens is 214 g/mol. The minimum atomic E-state index is 0.103. The van der Waals surface area contributed by atoms with Gasteiger partial charge in [-0.3, -0.25) is 0 Å². The largest absolute Gasteiger partial charge is 0.506 e. The topological polar surface area (TPSA) is 55.5 Å². The average Bonchev–Trinajstić information content (AvgIpc) is 2.35. The Morgan fingerprint density at radius 1 is 1.35 bits per heavy atom. The van der Waals surface area contributed by atoms with Crippen molar-refractivity contribution in [2.75, 3.05) is 5.73 Å². The van der Waals surface area contributed by atoms with Crippen LogP contribution in [0, 0.1) is 5.92 Å². The number of aromatic hydroxyl groups is 1. The van der Waals surface area contributed by atoms with Crippen molar-refractivity contribution in [1.82, 2.24) is 0 Å². The zero-order valence-corrected chi connectivity index (χ0v) is 10.4. The number of nitrogen functional groups attached to an aromatic ring is 1. The van der Waals surface area contributed by atoms with Crippen LogP contribution in [0.4, 0.5) is 5.69 Å². The SMILES string of the molecule is CCC1CCCCC1Oc1cccc(O)c1N. The summed E-state index contributed by atoms with van der Waals surface area (Å²) >= 11 is 0. The molecule has 94 valence electrons. The van der Waals surface area contributed by atoms with Crippen LogP contribution >= 0.6 is 0 Å². The van der Waals surface area contributed by atoms with Crippen molar-refractivity contribution in [3.8, 4) is 11.5 Å². The molecule has 1 aliphatic carbocycles. The molecule has 0 aromatic heterocycles. The molecule has 3 heteroatoms. The van der Waals surface area contributed by atoms with Gasteiger partial charge in [0.05, 0.1) is 0 Å². The molecule has 3 nitrogen and oxygen atoms in total. The minimum absolute atomic E-state index is 0.103. The van der Waals surface area contributed by atoms with Crippen LogP contribution in [0.25, 0.3) is 0 Å². The summed E-state index contributed by atoms with van der Waals surface area (Å²) in [4.78, 5) is 0. The first-order chi connectivity index (χ1) is 8.22. The third-order valence-corrected chi connectivity index (χ3v) is 3.69. The van der Waals surface area contributed by atoms with E-state index in [0.717, 1.165) is 12.8 Å². The van der Waals surface area contributed by atoms with E-state index in [1.807, 2.05) is 6.07 Å². The maximum absolute atomic E-state index is 9.55. The Bertz CT molecular complexity index is 378. The molecule has 0 amide bonds. The second kappa shape index (κ2) is 5.30. The lowest BCUT2D eigenvalue weighted by Gasteiger charge is -2.31. The van der Waals surface area contributed by atoms with E-state index >= 15 is 0 Å². The van der Waals surface area contributed by atoms with Gasteiger partial charge >= 0.3 is 0 Å². The van der Waals surface area contributed by atoms with Gasteiger partial charge in [-0.15, -0.1) is 0 Å². The molecule has 0 spiro atoms. The molecule has 2 rings (SSSR count). The molecule has 1 aromatic carbocycles. The maximum atomic E-state index is 9.55. The first-order valence-corrected chi connectivity index (χ1v) is 6.46. The van der Waals surface area contributed by atoms with Crippen LogP contribution in [-0.2, 0) is 0 Å². The van der Waals surface area contributed by atoms with Crippen LogP contribution in [0.3, 0.4) is 0 Å². The van der Waals surface area contributed by atoms with E-state index in [9.17, 15) is 5.11 Å². The number of anilines is 1. The van der Waals surface area contributed by atoms with Crippen LogP contribution in [0.2, 0.25) is 0 Å².